The van der Waals surface area contributed by atoms with Crippen LogP contribution in [0.3, 0.4) is 0 Å². The molecule has 1 rings (SSSR count). The standard InChI is InChI=1S/C10H20N2/c1-9(2)5-8(11)12-7-10(3,4)6-9/h5-7H2,1-4H3,(H2,11,12). The van der Waals surface area contributed by atoms with Gasteiger partial charge in [-0.25, -0.2) is 0 Å². The van der Waals surface area contributed by atoms with E-state index >= 15 is 0 Å². The zero-order chi connectivity index (χ0) is 9.41. The van der Waals surface area contributed by atoms with Crippen LogP contribution >= 0.6 is 0 Å². The predicted octanol–water partition coefficient (Wildman–Crippen LogP) is 2.19. The van der Waals surface area contributed by atoms with Gasteiger partial charge in [0.2, 0.25) is 0 Å². The zero-order valence-electron chi connectivity index (χ0n) is 8.65. The summed E-state index contributed by atoms with van der Waals surface area (Å²) in [4.78, 5) is 4.37. The predicted molar refractivity (Wildman–Crippen MR) is 53.3 cm³/mol. The van der Waals surface area contributed by atoms with Crippen molar-refractivity contribution >= 4 is 5.84 Å². The van der Waals surface area contributed by atoms with Crippen molar-refractivity contribution in [2.45, 2.75) is 40.5 Å². The quantitative estimate of drug-likeness (QED) is 0.591. The average molecular weight is 168 g/mol. The minimum Gasteiger partial charge on any atom is -0.387 e. The van der Waals surface area contributed by atoms with Crippen LogP contribution in [0.15, 0.2) is 4.99 Å². The number of rotatable bonds is 0. The maximum atomic E-state index is 5.78. The van der Waals surface area contributed by atoms with Gasteiger partial charge in [-0.1, -0.05) is 27.7 Å². The Kier molecular flexibility index (Phi) is 2.19. The largest absolute Gasteiger partial charge is 0.387 e. The zero-order valence-corrected chi connectivity index (χ0v) is 8.65. The molecule has 0 spiro atoms. The van der Waals surface area contributed by atoms with E-state index in [0.29, 0.717) is 10.8 Å². The van der Waals surface area contributed by atoms with Gasteiger partial charge in [-0.05, 0) is 17.3 Å². The Morgan fingerprint density at radius 1 is 1.17 bits per heavy atom. The summed E-state index contributed by atoms with van der Waals surface area (Å²) in [7, 11) is 0. The van der Waals surface area contributed by atoms with E-state index in [2.05, 4.69) is 32.7 Å². The molecule has 0 aromatic carbocycles. The molecular formula is C10H20N2. The van der Waals surface area contributed by atoms with E-state index in [-0.39, 0.29) is 0 Å². The Morgan fingerprint density at radius 3 is 2.33 bits per heavy atom. The lowest BCUT2D eigenvalue weighted by Gasteiger charge is -2.30. The topological polar surface area (TPSA) is 38.4 Å². The minimum atomic E-state index is 0.310. The molecule has 0 aromatic rings. The third-order valence-electron chi connectivity index (χ3n) is 2.33. The fraction of sp³-hybridized carbons (Fsp3) is 0.900. The Hall–Kier alpha value is -0.530. The lowest BCUT2D eigenvalue weighted by atomic mass is 9.74. The molecule has 1 aliphatic rings. The molecule has 0 atom stereocenters. The number of amidine groups is 1. The maximum absolute atomic E-state index is 5.78. The van der Waals surface area contributed by atoms with Crippen LogP contribution in [0.1, 0.15) is 40.5 Å². The lowest BCUT2D eigenvalue weighted by molar-refractivity contribution is 0.217. The number of hydrogen-bond donors (Lipinski definition) is 1. The molecule has 1 heterocycles. The van der Waals surface area contributed by atoms with Gasteiger partial charge in [0.1, 0.15) is 0 Å². The van der Waals surface area contributed by atoms with Crippen LogP contribution in [0.4, 0.5) is 0 Å². The van der Waals surface area contributed by atoms with Crippen molar-refractivity contribution in [2.24, 2.45) is 21.6 Å². The Bertz CT molecular complexity index is 202. The van der Waals surface area contributed by atoms with Gasteiger partial charge in [0, 0.05) is 13.0 Å². The SMILES string of the molecule is CC1(C)CN=C(N)CC(C)(C)C1. The molecule has 2 heteroatoms. The number of aliphatic imine (C=N–C) groups is 1. The molecule has 12 heavy (non-hydrogen) atoms. The van der Waals surface area contributed by atoms with Gasteiger partial charge in [-0.2, -0.15) is 0 Å². The monoisotopic (exact) mass is 168 g/mol. The van der Waals surface area contributed by atoms with Crippen molar-refractivity contribution in [1.29, 1.82) is 0 Å². The fourth-order valence-corrected chi connectivity index (χ4v) is 2.28. The van der Waals surface area contributed by atoms with E-state index in [1.165, 1.54) is 6.42 Å². The summed E-state index contributed by atoms with van der Waals surface area (Å²) in [6.07, 6.45) is 2.14. The van der Waals surface area contributed by atoms with Crippen molar-refractivity contribution in [3.8, 4) is 0 Å². The van der Waals surface area contributed by atoms with E-state index in [1.54, 1.807) is 0 Å². The summed E-state index contributed by atoms with van der Waals surface area (Å²) in [6, 6.07) is 0. The average Bonchev–Trinajstić information content (AvgIpc) is 1.86. The summed E-state index contributed by atoms with van der Waals surface area (Å²) in [5, 5.41) is 0. The van der Waals surface area contributed by atoms with Crippen molar-refractivity contribution in [1.82, 2.24) is 0 Å². The van der Waals surface area contributed by atoms with Crippen LogP contribution in [-0.4, -0.2) is 12.4 Å². The first-order chi connectivity index (χ1) is 5.31. The second kappa shape index (κ2) is 2.75. The molecule has 2 N–H and O–H groups in total. The maximum Gasteiger partial charge on any atom is 0.0942 e. The third-order valence-corrected chi connectivity index (χ3v) is 2.33. The first kappa shape index (κ1) is 9.56. The highest BCUT2D eigenvalue weighted by Gasteiger charge is 2.31. The van der Waals surface area contributed by atoms with E-state index < -0.39 is 0 Å². The molecule has 2 nitrogen and oxygen atoms in total. The van der Waals surface area contributed by atoms with Gasteiger partial charge in [0.15, 0.2) is 0 Å². The van der Waals surface area contributed by atoms with E-state index in [9.17, 15) is 0 Å². The van der Waals surface area contributed by atoms with E-state index in [0.717, 1.165) is 18.8 Å². The van der Waals surface area contributed by atoms with Gasteiger partial charge in [0.25, 0.3) is 0 Å². The van der Waals surface area contributed by atoms with E-state index in [1.807, 2.05) is 0 Å². The summed E-state index contributed by atoms with van der Waals surface area (Å²) in [5.41, 5.74) is 6.40. The van der Waals surface area contributed by atoms with Crippen LogP contribution in [0, 0.1) is 10.8 Å². The highest BCUT2D eigenvalue weighted by atomic mass is 14.9. The molecule has 0 saturated carbocycles. The highest BCUT2D eigenvalue weighted by Crippen LogP contribution is 2.38. The normalized spacial score (nSPS) is 27.5. The van der Waals surface area contributed by atoms with Gasteiger partial charge in [0.05, 0.1) is 5.84 Å². The third kappa shape index (κ3) is 2.50. The summed E-state index contributed by atoms with van der Waals surface area (Å²) in [5.74, 6) is 0.825. The molecule has 0 unspecified atom stereocenters. The Balaban J connectivity index is 2.82. The first-order valence-corrected chi connectivity index (χ1v) is 4.60. The van der Waals surface area contributed by atoms with Crippen LogP contribution in [0.5, 0.6) is 0 Å². The molecular weight excluding hydrogens is 148 g/mol. The molecule has 0 saturated heterocycles. The summed E-state index contributed by atoms with van der Waals surface area (Å²) in [6.45, 7) is 9.93. The van der Waals surface area contributed by atoms with Crippen molar-refractivity contribution < 1.29 is 0 Å². The van der Waals surface area contributed by atoms with Crippen molar-refractivity contribution in [2.75, 3.05) is 6.54 Å². The molecule has 0 aliphatic carbocycles. The van der Waals surface area contributed by atoms with Crippen molar-refractivity contribution in [3.05, 3.63) is 0 Å². The molecule has 70 valence electrons. The summed E-state index contributed by atoms with van der Waals surface area (Å²) >= 11 is 0. The number of nitrogens with two attached hydrogens (primary N) is 1. The fourth-order valence-electron chi connectivity index (χ4n) is 2.28. The number of nitrogens with zero attached hydrogens (tertiary/aromatic N) is 1. The molecule has 0 aromatic heterocycles. The summed E-state index contributed by atoms with van der Waals surface area (Å²) < 4.78 is 0. The molecule has 0 bridgehead atoms. The molecule has 0 fully saturated rings. The van der Waals surface area contributed by atoms with Crippen LogP contribution in [0.25, 0.3) is 0 Å². The van der Waals surface area contributed by atoms with Crippen LogP contribution in [-0.2, 0) is 0 Å². The van der Waals surface area contributed by atoms with Crippen molar-refractivity contribution in [3.63, 3.8) is 0 Å². The number of hydrogen-bond acceptors (Lipinski definition) is 2. The van der Waals surface area contributed by atoms with Gasteiger partial charge in [-0.3, -0.25) is 4.99 Å². The van der Waals surface area contributed by atoms with Gasteiger partial charge >= 0.3 is 0 Å². The second-order valence-corrected chi connectivity index (χ2v) is 5.49. The highest BCUT2D eigenvalue weighted by molar-refractivity contribution is 5.81. The first-order valence-electron chi connectivity index (χ1n) is 4.60. The Labute approximate surface area is 75.3 Å². The Morgan fingerprint density at radius 2 is 1.75 bits per heavy atom. The smallest absolute Gasteiger partial charge is 0.0942 e. The minimum absolute atomic E-state index is 0.310. The van der Waals surface area contributed by atoms with Gasteiger partial charge < -0.3 is 5.73 Å². The second-order valence-electron chi connectivity index (χ2n) is 5.49. The van der Waals surface area contributed by atoms with Crippen LogP contribution < -0.4 is 5.73 Å². The lowest BCUT2D eigenvalue weighted by Crippen LogP contribution is -2.25. The molecule has 1 aliphatic heterocycles. The molecule has 0 radical (unpaired) electrons. The van der Waals surface area contributed by atoms with Crippen LogP contribution in [0.2, 0.25) is 0 Å². The van der Waals surface area contributed by atoms with Gasteiger partial charge in [-0.15, -0.1) is 0 Å². The molecule has 0 amide bonds. The van der Waals surface area contributed by atoms with E-state index in [4.69, 9.17) is 5.73 Å².